The summed E-state index contributed by atoms with van der Waals surface area (Å²) in [5.41, 5.74) is 2.31. The van der Waals surface area contributed by atoms with Crippen LogP contribution in [0.5, 0.6) is 0 Å². The number of anilines is 1. The van der Waals surface area contributed by atoms with E-state index in [1.165, 1.54) is 12.1 Å². The van der Waals surface area contributed by atoms with E-state index >= 15 is 0 Å². The number of halogens is 1. The number of benzene rings is 2. The molecule has 0 saturated heterocycles. The van der Waals surface area contributed by atoms with Crippen molar-refractivity contribution in [2.75, 3.05) is 5.32 Å². The minimum atomic E-state index is -0.882. The lowest BCUT2D eigenvalue weighted by Gasteiger charge is -2.09. The van der Waals surface area contributed by atoms with Gasteiger partial charge in [0.05, 0.1) is 5.92 Å². The van der Waals surface area contributed by atoms with Gasteiger partial charge < -0.3 is 10.4 Å². The highest BCUT2D eigenvalue weighted by Crippen LogP contribution is 2.48. The van der Waals surface area contributed by atoms with Gasteiger partial charge in [-0.05, 0) is 54.7 Å². The molecule has 0 aliphatic heterocycles. The van der Waals surface area contributed by atoms with E-state index in [0.717, 1.165) is 12.0 Å². The standard InChI is InChI=1S/C19H18FNO3/c1-11(19(23)24)12-4-8-15(9-5-12)21-18(22)17-10-16(17)13-2-6-14(20)7-3-13/h2-9,11,16-17H,10H2,1H3,(H,21,22)(H,23,24). The maximum absolute atomic E-state index is 12.9. The summed E-state index contributed by atoms with van der Waals surface area (Å²) in [4.78, 5) is 23.2. The van der Waals surface area contributed by atoms with Crippen molar-refractivity contribution in [2.24, 2.45) is 5.92 Å². The first-order chi connectivity index (χ1) is 11.5. The highest BCUT2D eigenvalue weighted by atomic mass is 19.1. The molecular formula is C19H18FNO3. The van der Waals surface area contributed by atoms with Crippen molar-refractivity contribution < 1.29 is 19.1 Å². The quantitative estimate of drug-likeness (QED) is 0.879. The summed E-state index contributed by atoms with van der Waals surface area (Å²) >= 11 is 0. The molecule has 0 radical (unpaired) electrons. The van der Waals surface area contributed by atoms with E-state index in [4.69, 9.17) is 5.11 Å². The predicted octanol–water partition coefficient (Wildman–Crippen LogP) is 3.76. The second kappa shape index (κ2) is 6.43. The molecule has 1 fully saturated rings. The molecule has 3 rings (SSSR count). The average Bonchev–Trinajstić information content (AvgIpc) is 3.36. The second-order valence-corrected chi connectivity index (χ2v) is 6.17. The zero-order chi connectivity index (χ0) is 17.3. The van der Waals surface area contributed by atoms with Gasteiger partial charge in [-0.25, -0.2) is 4.39 Å². The van der Waals surface area contributed by atoms with E-state index in [-0.39, 0.29) is 23.6 Å². The Morgan fingerprint density at radius 3 is 2.33 bits per heavy atom. The lowest BCUT2D eigenvalue weighted by atomic mass is 10.0. The summed E-state index contributed by atoms with van der Waals surface area (Å²) < 4.78 is 12.9. The van der Waals surface area contributed by atoms with Crippen LogP contribution in [0.3, 0.4) is 0 Å². The van der Waals surface area contributed by atoms with Crippen molar-refractivity contribution in [1.82, 2.24) is 0 Å². The van der Waals surface area contributed by atoms with Gasteiger partial charge in [0.15, 0.2) is 0 Å². The number of hydrogen-bond donors (Lipinski definition) is 2. The van der Waals surface area contributed by atoms with Crippen LogP contribution < -0.4 is 5.32 Å². The number of carbonyl (C=O) groups is 2. The predicted molar refractivity (Wildman–Crippen MR) is 88.4 cm³/mol. The van der Waals surface area contributed by atoms with Gasteiger partial charge in [-0.1, -0.05) is 24.3 Å². The van der Waals surface area contributed by atoms with Gasteiger partial charge in [-0.3, -0.25) is 9.59 Å². The largest absolute Gasteiger partial charge is 0.481 e. The molecule has 1 aliphatic carbocycles. The first-order valence-electron chi connectivity index (χ1n) is 7.85. The van der Waals surface area contributed by atoms with Crippen LogP contribution in [0, 0.1) is 11.7 Å². The first kappa shape index (κ1) is 16.2. The Balaban J connectivity index is 1.60. The molecule has 3 unspecified atom stereocenters. The summed E-state index contributed by atoms with van der Waals surface area (Å²) in [5, 5.41) is 11.8. The number of nitrogens with one attached hydrogen (secondary N) is 1. The number of amides is 1. The van der Waals surface area contributed by atoms with Gasteiger partial charge >= 0.3 is 5.97 Å². The third-order valence-electron chi connectivity index (χ3n) is 4.47. The lowest BCUT2D eigenvalue weighted by molar-refractivity contribution is -0.138. The van der Waals surface area contributed by atoms with Crippen LogP contribution in [0.4, 0.5) is 10.1 Å². The van der Waals surface area contributed by atoms with E-state index in [9.17, 15) is 14.0 Å². The maximum Gasteiger partial charge on any atom is 0.310 e. The summed E-state index contributed by atoms with van der Waals surface area (Å²) in [6.07, 6.45) is 0.756. The highest BCUT2D eigenvalue weighted by molar-refractivity contribution is 5.95. The van der Waals surface area contributed by atoms with Crippen molar-refractivity contribution in [3.8, 4) is 0 Å². The Kier molecular flexibility index (Phi) is 4.34. The molecule has 0 aromatic heterocycles. The fraction of sp³-hybridized carbons (Fsp3) is 0.263. The Labute approximate surface area is 139 Å². The van der Waals surface area contributed by atoms with Crippen LogP contribution in [-0.2, 0) is 9.59 Å². The number of carboxylic acid groups (broad SMARTS) is 1. The zero-order valence-corrected chi connectivity index (χ0v) is 13.2. The molecule has 4 nitrogen and oxygen atoms in total. The van der Waals surface area contributed by atoms with Crippen LogP contribution in [0.15, 0.2) is 48.5 Å². The van der Waals surface area contributed by atoms with Gasteiger partial charge in [0.2, 0.25) is 5.91 Å². The van der Waals surface area contributed by atoms with Crippen LogP contribution in [0.2, 0.25) is 0 Å². The summed E-state index contributed by atoms with van der Waals surface area (Å²) in [6.45, 7) is 1.62. The van der Waals surface area contributed by atoms with Crippen molar-refractivity contribution in [3.05, 3.63) is 65.5 Å². The molecule has 24 heavy (non-hydrogen) atoms. The number of rotatable bonds is 5. The Morgan fingerprint density at radius 2 is 1.75 bits per heavy atom. The first-order valence-corrected chi connectivity index (χ1v) is 7.85. The second-order valence-electron chi connectivity index (χ2n) is 6.17. The Morgan fingerprint density at radius 1 is 1.12 bits per heavy atom. The van der Waals surface area contributed by atoms with E-state index in [0.29, 0.717) is 11.3 Å². The van der Waals surface area contributed by atoms with Crippen molar-refractivity contribution in [1.29, 1.82) is 0 Å². The van der Waals surface area contributed by atoms with E-state index in [1.54, 1.807) is 43.3 Å². The molecule has 2 N–H and O–H groups in total. The molecule has 1 aliphatic rings. The van der Waals surface area contributed by atoms with Crippen LogP contribution in [0.1, 0.15) is 36.3 Å². The normalized spacial score (nSPS) is 20.2. The van der Waals surface area contributed by atoms with Gasteiger partial charge in [-0.2, -0.15) is 0 Å². The number of hydrogen-bond acceptors (Lipinski definition) is 2. The molecule has 1 saturated carbocycles. The molecule has 0 spiro atoms. The summed E-state index contributed by atoms with van der Waals surface area (Å²) in [5.74, 6) is -1.78. The third-order valence-corrected chi connectivity index (χ3v) is 4.47. The molecule has 2 aromatic carbocycles. The average molecular weight is 327 g/mol. The number of carbonyl (C=O) groups excluding carboxylic acids is 1. The minimum absolute atomic E-state index is 0.0663. The fourth-order valence-corrected chi connectivity index (χ4v) is 2.80. The van der Waals surface area contributed by atoms with Crippen LogP contribution in [0.25, 0.3) is 0 Å². The molecular weight excluding hydrogens is 309 g/mol. The van der Waals surface area contributed by atoms with Crippen molar-refractivity contribution >= 4 is 17.6 Å². The Bertz CT molecular complexity index is 755. The monoisotopic (exact) mass is 327 g/mol. The number of carboxylic acids is 1. The van der Waals surface area contributed by atoms with Crippen molar-refractivity contribution in [2.45, 2.75) is 25.2 Å². The zero-order valence-electron chi connectivity index (χ0n) is 13.2. The van der Waals surface area contributed by atoms with Gasteiger partial charge in [0.25, 0.3) is 0 Å². The summed E-state index contributed by atoms with van der Waals surface area (Å²) in [7, 11) is 0. The van der Waals surface area contributed by atoms with E-state index < -0.39 is 11.9 Å². The Hall–Kier alpha value is -2.69. The molecule has 2 aromatic rings. The van der Waals surface area contributed by atoms with Gasteiger partial charge in [-0.15, -0.1) is 0 Å². The highest BCUT2D eigenvalue weighted by Gasteiger charge is 2.43. The smallest absolute Gasteiger partial charge is 0.310 e. The van der Waals surface area contributed by atoms with Crippen LogP contribution >= 0.6 is 0 Å². The fourth-order valence-electron chi connectivity index (χ4n) is 2.80. The van der Waals surface area contributed by atoms with Gasteiger partial charge in [0.1, 0.15) is 5.82 Å². The lowest BCUT2D eigenvalue weighted by Crippen LogP contribution is -2.14. The topological polar surface area (TPSA) is 66.4 Å². The SMILES string of the molecule is CC(C(=O)O)c1ccc(NC(=O)C2CC2c2ccc(F)cc2)cc1. The maximum atomic E-state index is 12.9. The summed E-state index contributed by atoms with van der Waals surface area (Å²) in [6, 6.07) is 13.1. The molecule has 0 bridgehead atoms. The molecule has 3 atom stereocenters. The molecule has 5 heteroatoms. The van der Waals surface area contributed by atoms with Crippen molar-refractivity contribution in [3.63, 3.8) is 0 Å². The van der Waals surface area contributed by atoms with E-state index in [1.807, 2.05) is 0 Å². The molecule has 0 heterocycles. The molecule has 124 valence electrons. The minimum Gasteiger partial charge on any atom is -0.481 e. The third kappa shape index (κ3) is 3.45. The molecule has 1 amide bonds. The number of aliphatic carboxylic acids is 1. The van der Waals surface area contributed by atoms with E-state index in [2.05, 4.69) is 5.32 Å². The van der Waals surface area contributed by atoms with Gasteiger partial charge in [0, 0.05) is 11.6 Å². The van der Waals surface area contributed by atoms with Crippen LogP contribution in [-0.4, -0.2) is 17.0 Å².